The molecule has 3 fully saturated rings. The van der Waals surface area contributed by atoms with E-state index < -0.39 is 11.9 Å². The third kappa shape index (κ3) is 3.39. The van der Waals surface area contributed by atoms with Crippen molar-refractivity contribution in [1.29, 1.82) is 0 Å². The molecule has 0 aromatic heterocycles. The lowest BCUT2D eigenvalue weighted by Gasteiger charge is -2.41. The molecule has 0 spiro atoms. The van der Waals surface area contributed by atoms with Gasteiger partial charge in [-0.15, -0.1) is 0 Å². The van der Waals surface area contributed by atoms with Crippen LogP contribution >= 0.6 is 0 Å². The van der Waals surface area contributed by atoms with E-state index in [1.54, 1.807) is 4.90 Å². The van der Waals surface area contributed by atoms with Gasteiger partial charge in [-0.3, -0.25) is 4.79 Å². The Morgan fingerprint density at radius 1 is 1.27 bits per heavy atom. The number of aliphatic hydroxyl groups excluding tert-OH is 1. The van der Waals surface area contributed by atoms with Gasteiger partial charge in [0.2, 0.25) is 5.91 Å². The van der Waals surface area contributed by atoms with Crippen LogP contribution in [0.2, 0.25) is 0 Å². The first-order valence-corrected chi connectivity index (χ1v) is 9.39. The van der Waals surface area contributed by atoms with Crippen molar-refractivity contribution in [1.82, 2.24) is 4.90 Å². The van der Waals surface area contributed by atoms with E-state index in [0.29, 0.717) is 32.6 Å². The van der Waals surface area contributed by atoms with Gasteiger partial charge >= 0.3 is 0 Å². The Morgan fingerprint density at radius 2 is 2.04 bits per heavy atom. The molecule has 4 rings (SSSR count). The van der Waals surface area contributed by atoms with Crippen LogP contribution in [0.1, 0.15) is 32.3 Å². The quantitative estimate of drug-likeness (QED) is 0.809. The molecule has 1 amide bonds. The molecule has 142 valence electrons. The monoisotopic (exact) mass is 361 g/mol. The van der Waals surface area contributed by atoms with Crippen LogP contribution in [0.15, 0.2) is 30.3 Å². The molecule has 3 saturated heterocycles. The zero-order chi connectivity index (χ0) is 18.3. The van der Waals surface area contributed by atoms with E-state index in [1.165, 1.54) is 0 Å². The molecule has 1 N–H and O–H groups in total. The molecular weight excluding hydrogens is 334 g/mol. The topological polar surface area (TPSA) is 68.2 Å². The largest absolute Gasteiger partial charge is 0.391 e. The van der Waals surface area contributed by atoms with Gasteiger partial charge in [0.15, 0.2) is 5.79 Å². The molecule has 0 bridgehead atoms. The number of hydrogen-bond donors (Lipinski definition) is 1. The van der Waals surface area contributed by atoms with Crippen LogP contribution in [0, 0.1) is 5.92 Å². The van der Waals surface area contributed by atoms with Crippen LogP contribution in [0.3, 0.4) is 0 Å². The number of amides is 1. The summed E-state index contributed by atoms with van der Waals surface area (Å²) in [4.78, 5) is 14.3. The highest BCUT2D eigenvalue weighted by atomic mass is 16.8. The highest BCUT2D eigenvalue weighted by Gasteiger charge is 2.58. The van der Waals surface area contributed by atoms with Crippen LogP contribution in [0.4, 0.5) is 0 Å². The summed E-state index contributed by atoms with van der Waals surface area (Å²) < 4.78 is 17.6. The van der Waals surface area contributed by atoms with Crippen molar-refractivity contribution in [2.45, 2.75) is 63.4 Å². The third-order valence-corrected chi connectivity index (χ3v) is 5.63. The molecule has 6 nitrogen and oxygen atoms in total. The molecule has 26 heavy (non-hydrogen) atoms. The van der Waals surface area contributed by atoms with Crippen molar-refractivity contribution in [3.63, 3.8) is 0 Å². The van der Waals surface area contributed by atoms with Crippen molar-refractivity contribution < 1.29 is 24.1 Å². The van der Waals surface area contributed by atoms with Gasteiger partial charge in [0.25, 0.3) is 0 Å². The van der Waals surface area contributed by atoms with Gasteiger partial charge in [0.05, 0.1) is 25.3 Å². The van der Waals surface area contributed by atoms with Crippen LogP contribution in [-0.2, 0) is 25.6 Å². The lowest BCUT2D eigenvalue weighted by molar-refractivity contribution is -0.181. The van der Waals surface area contributed by atoms with Crippen LogP contribution in [-0.4, -0.2) is 59.2 Å². The minimum absolute atomic E-state index is 0.0766. The summed E-state index contributed by atoms with van der Waals surface area (Å²) in [5.41, 5.74) is 1.12. The highest BCUT2D eigenvalue weighted by Crippen LogP contribution is 2.42. The SMILES string of the molecule is CC1(C)O[C@H]2[C@H]3[C@H](O)[C@@H](CCOCc4ccccc4)CC(=O)N3C[C@H]2O1. The van der Waals surface area contributed by atoms with E-state index in [9.17, 15) is 9.90 Å². The minimum Gasteiger partial charge on any atom is -0.391 e. The second-order valence-corrected chi connectivity index (χ2v) is 7.96. The van der Waals surface area contributed by atoms with Gasteiger partial charge in [0.1, 0.15) is 12.2 Å². The molecule has 1 aromatic carbocycles. The maximum absolute atomic E-state index is 12.5. The number of rotatable bonds is 5. The molecule has 5 atom stereocenters. The molecule has 3 heterocycles. The van der Waals surface area contributed by atoms with Crippen molar-refractivity contribution in [2.75, 3.05) is 13.2 Å². The van der Waals surface area contributed by atoms with E-state index in [4.69, 9.17) is 14.2 Å². The zero-order valence-corrected chi connectivity index (χ0v) is 15.3. The number of aliphatic hydroxyl groups is 1. The Labute approximate surface area is 154 Å². The van der Waals surface area contributed by atoms with E-state index in [1.807, 2.05) is 44.2 Å². The Kier molecular flexibility index (Phi) is 4.77. The number of carbonyl (C=O) groups excluding carboxylic acids is 1. The molecule has 0 saturated carbocycles. The summed E-state index contributed by atoms with van der Waals surface area (Å²) in [5, 5.41) is 10.9. The molecular formula is C20H27NO5. The Balaban J connectivity index is 1.34. The standard InChI is InChI=1S/C20H27NO5/c1-20(2)25-15-11-21-16(22)10-14(18(23)17(21)19(15)26-20)8-9-24-12-13-6-4-3-5-7-13/h3-7,14-15,17-19,23H,8-12H2,1-2H3/t14-,15+,17+,18+,19+/m0/s1. The van der Waals surface area contributed by atoms with Gasteiger partial charge in [-0.1, -0.05) is 30.3 Å². The number of piperidine rings is 1. The third-order valence-electron chi connectivity index (χ3n) is 5.63. The average Bonchev–Trinajstić information content (AvgIpc) is 3.09. The Hall–Kier alpha value is -1.47. The van der Waals surface area contributed by atoms with Crippen LogP contribution in [0.25, 0.3) is 0 Å². The number of hydrogen-bond acceptors (Lipinski definition) is 5. The fraction of sp³-hybridized carbons (Fsp3) is 0.650. The predicted octanol–water partition coefficient (Wildman–Crippen LogP) is 1.70. The van der Waals surface area contributed by atoms with E-state index >= 15 is 0 Å². The summed E-state index contributed by atoms with van der Waals surface area (Å²) in [6.45, 7) is 5.33. The summed E-state index contributed by atoms with van der Waals surface area (Å²) in [6.07, 6.45) is 0.000159. The number of ether oxygens (including phenoxy) is 3. The number of fused-ring (bicyclic) bond motifs is 3. The molecule has 3 aliphatic heterocycles. The lowest BCUT2D eigenvalue weighted by Crippen LogP contribution is -2.56. The number of carbonyl (C=O) groups is 1. The molecule has 1 aromatic rings. The smallest absolute Gasteiger partial charge is 0.223 e. The summed E-state index contributed by atoms with van der Waals surface area (Å²) in [7, 11) is 0. The van der Waals surface area contributed by atoms with Gasteiger partial charge in [-0.25, -0.2) is 0 Å². The van der Waals surface area contributed by atoms with Gasteiger partial charge < -0.3 is 24.2 Å². The first-order chi connectivity index (χ1) is 12.4. The average molecular weight is 361 g/mol. The van der Waals surface area contributed by atoms with Gasteiger partial charge in [0, 0.05) is 13.0 Å². The number of benzene rings is 1. The van der Waals surface area contributed by atoms with E-state index in [0.717, 1.165) is 5.56 Å². The maximum Gasteiger partial charge on any atom is 0.223 e. The Morgan fingerprint density at radius 3 is 2.81 bits per heavy atom. The van der Waals surface area contributed by atoms with E-state index in [-0.39, 0.29) is 30.1 Å². The first kappa shape index (κ1) is 17.9. The molecule has 0 radical (unpaired) electrons. The van der Waals surface area contributed by atoms with Gasteiger partial charge in [-0.2, -0.15) is 0 Å². The fourth-order valence-corrected chi connectivity index (χ4v) is 4.45. The van der Waals surface area contributed by atoms with Crippen molar-refractivity contribution in [3.05, 3.63) is 35.9 Å². The fourth-order valence-electron chi connectivity index (χ4n) is 4.45. The van der Waals surface area contributed by atoms with Gasteiger partial charge in [-0.05, 0) is 31.7 Å². The molecule has 0 aliphatic carbocycles. The second kappa shape index (κ2) is 6.93. The summed E-state index contributed by atoms with van der Waals surface area (Å²) in [6, 6.07) is 9.67. The second-order valence-electron chi connectivity index (χ2n) is 7.96. The van der Waals surface area contributed by atoms with Crippen LogP contribution in [0.5, 0.6) is 0 Å². The highest BCUT2D eigenvalue weighted by molar-refractivity contribution is 5.78. The van der Waals surface area contributed by atoms with Crippen molar-refractivity contribution >= 4 is 5.91 Å². The normalized spacial score (nSPS) is 35.4. The Bertz CT molecular complexity index is 649. The van der Waals surface area contributed by atoms with E-state index in [2.05, 4.69) is 0 Å². The molecule has 0 unspecified atom stereocenters. The maximum atomic E-state index is 12.5. The first-order valence-electron chi connectivity index (χ1n) is 9.39. The molecule has 3 aliphatic rings. The minimum atomic E-state index is -0.657. The van der Waals surface area contributed by atoms with Crippen molar-refractivity contribution in [2.24, 2.45) is 5.92 Å². The van der Waals surface area contributed by atoms with Crippen LogP contribution < -0.4 is 0 Å². The predicted molar refractivity (Wildman–Crippen MR) is 94.2 cm³/mol. The molecule has 6 heteroatoms. The number of nitrogens with zero attached hydrogens (tertiary/aromatic N) is 1. The lowest BCUT2D eigenvalue weighted by atomic mass is 9.84. The zero-order valence-electron chi connectivity index (χ0n) is 15.3. The summed E-state index contributed by atoms with van der Waals surface area (Å²) >= 11 is 0. The summed E-state index contributed by atoms with van der Waals surface area (Å²) in [5.74, 6) is -0.686. The van der Waals surface area contributed by atoms with Crippen molar-refractivity contribution in [3.8, 4) is 0 Å².